The lowest BCUT2D eigenvalue weighted by Crippen LogP contribution is -2.39. The van der Waals surface area contributed by atoms with Crippen LogP contribution in [0.25, 0.3) is 0 Å². The van der Waals surface area contributed by atoms with Gasteiger partial charge in [0.1, 0.15) is 0 Å². The second-order valence-corrected chi connectivity index (χ2v) is 4.61. The second-order valence-electron chi connectivity index (χ2n) is 4.61. The van der Waals surface area contributed by atoms with Crippen LogP contribution in [0.1, 0.15) is 26.2 Å². The van der Waals surface area contributed by atoms with Crippen LogP contribution in [0.5, 0.6) is 0 Å². The summed E-state index contributed by atoms with van der Waals surface area (Å²) in [6.45, 7) is 2.01. The van der Waals surface area contributed by atoms with Crippen molar-refractivity contribution in [3.63, 3.8) is 0 Å². The topological polar surface area (TPSA) is 63.3 Å². The highest BCUT2D eigenvalue weighted by Crippen LogP contribution is 2.59. The van der Waals surface area contributed by atoms with E-state index in [-0.39, 0.29) is 17.9 Å². The first-order valence-electron chi connectivity index (χ1n) is 4.50. The summed E-state index contributed by atoms with van der Waals surface area (Å²) in [5, 5.41) is 8.70. The summed E-state index contributed by atoms with van der Waals surface area (Å²) < 4.78 is 0. The van der Waals surface area contributed by atoms with E-state index in [2.05, 4.69) is 0 Å². The Labute approximate surface area is 71.9 Å². The first-order chi connectivity index (χ1) is 5.53. The maximum Gasteiger partial charge on any atom is 0.303 e. The van der Waals surface area contributed by atoms with Crippen molar-refractivity contribution in [1.29, 1.82) is 0 Å². The minimum absolute atomic E-state index is 0.124. The summed E-state index contributed by atoms with van der Waals surface area (Å²) in [6.07, 6.45) is 2.49. The smallest absolute Gasteiger partial charge is 0.303 e. The molecule has 0 aromatic carbocycles. The molecule has 0 heterocycles. The lowest BCUT2D eigenvalue weighted by Gasteiger charge is -2.29. The van der Waals surface area contributed by atoms with E-state index in [1.54, 1.807) is 0 Å². The first-order valence-corrected chi connectivity index (χ1v) is 4.50. The molecule has 3 heteroatoms. The molecule has 0 spiro atoms. The number of aliphatic carboxylic acids is 1. The monoisotopic (exact) mass is 169 g/mol. The van der Waals surface area contributed by atoms with Gasteiger partial charge >= 0.3 is 5.97 Å². The summed E-state index contributed by atoms with van der Waals surface area (Å²) >= 11 is 0. The molecule has 0 saturated heterocycles. The Morgan fingerprint density at radius 2 is 2.42 bits per heavy atom. The second kappa shape index (κ2) is 2.22. The van der Waals surface area contributed by atoms with Crippen molar-refractivity contribution < 1.29 is 9.90 Å². The molecular formula is C9H15NO2. The quantitative estimate of drug-likeness (QED) is 0.643. The number of hydrogen-bond acceptors (Lipinski definition) is 2. The Bertz CT molecular complexity index is 229. The van der Waals surface area contributed by atoms with Gasteiger partial charge in [0.15, 0.2) is 0 Å². The molecule has 12 heavy (non-hydrogen) atoms. The minimum Gasteiger partial charge on any atom is -0.481 e. The predicted octanol–water partition coefficient (Wildman–Crippen LogP) is 0.835. The Balaban J connectivity index is 2.06. The maximum atomic E-state index is 10.6. The van der Waals surface area contributed by atoms with Crippen LogP contribution in [-0.4, -0.2) is 17.1 Å². The van der Waals surface area contributed by atoms with E-state index >= 15 is 0 Å². The van der Waals surface area contributed by atoms with Crippen LogP contribution >= 0.6 is 0 Å². The fourth-order valence-corrected chi connectivity index (χ4v) is 2.73. The van der Waals surface area contributed by atoms with Crippen molar-refractivity contribution in [2.24, 2.45) is 23.0 Å². The van der Waals surface area contributed by atoms with Gasteiger partial charge in [-0.1, -0.05) is 6.92 Å². The van der Waals surface area contributed by atoms with Gasteiger partial charge in [0.25, 0.3) is 0 Å². The Kier molecular flexibility index (Phi) is 1.49. The molecule has 2 aliphatic rings. The summed E-state index contributed by atoms with van der Waals surface area (Å²) in [6, 6.07) is 0.124. The zero-order chi connectivity index (χ0) is 8.93. The Hall–Kier alpha value is -0.570. The summed E-state index contributed by atoms with van der Waals surface area (Å²) in [7, 11) is 0. The first kappa shape index (κ1) is 8.05. The predicted molar refractivity (Wildman–Crippen MR) is 44.5 cm³/mol. The highest BCUT2D eigenvalue weighted by atomic mass is 16.4. The summed E-state index contributed by atoms with van der Waals surface area (Å²) in [4.78, 5) is 10.6. The van der Waals surface area contributed by atoms with E-state index in [1.165, 1.54) is 6.42 Å². The molecule has 4 atom stereocenters. The number of carbonyl (C=O) groups is 1. The van der Waals surface area contributed by atoms with Gasteiger partial charge in [-0.25, -0.2) is 0 Å². The number of hydrogen-bond donors (Lipinski definition) is 2. The number of carboxylic acid groups (broad SMARTS) is 1. The molecule has 0 bridgehead atoms. The Morgan fingerprint density at radius 3 is 2.83 bits per heavy atom. The van der Waals surface area contributed by atoms with Gasteiger partial charge in [-0.3, -0.25) is 4.79 Å². The fraction of sp³-hybridized carbons (Fsp3) is 0.889. The van der Waals surface area contributed by atoms with Gasteiger partial charge in [0.2, 0.25) is 0 Å². The molecule has 2 saturated carbocycles. The number of fused-ring (bicyclic) bond motifs is 1. The van der Waals surface area contributed by atoms with Gasteiger partial charge in [0.05, 0.1) is 6.42 Å². The maximum absolute atomic E-state index is 10.6. The van der Waals surface area contributed by atoms with Crippen molar-refractivity contribution in [2.45, 2.75) is 32.2 Å². The average molecular weight is 169 g/mol. The van der Waals surface area contributed by atoms with Crippen molar-refractivity contribution in [2.75, 3.05) is 0 Å². The Morgan fingerprint density at radius 1 is 1.75 bits per heavy atom. The molecule has 0 aliphatic heterocycles. The summed E-state index contributed by atoms with van der Waals surface area (Å²) in [5.41, 5.74) is 5.86. The SMILES string of the molecule is CC1(CC(=O)O)CC2CC2C1N. The third-order valence-corrected chi connectivity index (χ3v) is 3.53. The molecule has 3 nitrogen and oxygen atoms in total. The number of carboxylic acids is 1. The number of nitrogens with two attached hydrogens (primary N) is 1. The van der Waals surface area contributed by atoms with E-state index in [0.29, 0.717) is 5.92 Å². The minimum atomic E-state index is -0.714. The zero-order valence-corrected chi connectivity index (χ0v) is 7.29. The van der Waals surface area contributed by atoms with Crippen molar-refractivity contribution in [3.05, 3.63) is 0 Å². The average Bonchev–Trinajstić information content (AvgIpc) is 2.58. The highest BCUT2D eigenvalue weighted by molar-refractivity contribution is 5.68. The van der Waals surface area contributed by atoms with Gasteiger partial charge in [-0.15, -0.1) is 0 Å². The van der Waals surface area contributed by atoms with Crippen LogP contribution in [0, 0.1) is 17.3 Å². The summed E-state index contributed by atoms with van der Waals surface area (Å²) in [5.74, 6) is 0.660. The van der Waals surface area contributed by atoms with E-state index in [4.69, 9.17) is 10.8 Å². The number of rotatable bonds is 2. The molecule has 2 fully saturated rings. The lowest BCUT2D eigenvalue weighted by molar-refractivity contribution is -0.139. The van der Waals surface area contributed by atoms with Crippen molar-refractivity contribution in [3.8, 4) is 0 Å². The molecule has 0 aromatic heterocycles. The van der Waals surface area contributed by atoms with E-state index in [1.807, 2.05) is 6.92 Å². The third-order valence-electron chi connectivity index (χ3n) is 3.53. The van der Waals surface area contributed by atoms with Crippen LogP contribution in [0.2, 0.25) is 0 Å². The standard InChI is InChI=1S/C9H15NO2/c1-9(4-7(11)12)3-5-2-6(5)8(9)10/h5-6,8H,2-4,10H2,1H3,(H,11,12). The molecule has 0 amide bonds. The lowest BCUT2D eigenvalue weighted by atomic mass is 9.78. The molecule has 0 aromatic rings. The van der Waals surface area contributed by atoms with Gasteiger partial charge in [-0.05, 0) is 30.1 Å². The van der Waals surface area contributed by atoms with Crippen molar-refractivity contribution in [1.82, 2.24) is 0 Å². The molecule has 4 unspecified atom stereocenters. The van der Waals surface area contributed by atoms with E-state index in [9.17, 15) is 4.79 Å². The van der Waals surface area contributed by atoms with Crippen LogP contribution in [0.4, 0.5) is 0 Å². The molecule has 0 radical (unpaired) electrons. The largest absolute Gasteiger partial charge is 0.481 e. The van der Waals surface area contributed by atoms with E-state index < -0.39 is 5.97 Å². The van der Waals surface area contributed by atoms with Crippen molar-refractivity contribution >= 4 is 5.97 Å². The fourth-order valence-electron chi connectivity index (χ4n) is 2.73. The molecule has 2 aliphatic carbocycles. The normalized spacial score (nSPS) is 50.3. The van der Waals surface area contributed by atoms with Gasteiger partial charge < -0.3 is 10.8 Å². The van der Waals surface area contributed by atoms with Gasteiger partial charge in [0, 0.05) is 6.04 Å². The van der Waals surface area contributed by atoms with E-state index in [0.717, 1.165) is 12.3 Å². The van der Waals surface area contributed by atoms with Gasteiger partial charge in [-0.2, -0.15) is 0 Å². The molecule has 2 rings (SSSR count). The highest BCUT2D eigenvalue weighted by Gasteiger charge is 2.57. The molecule has 3 N–H and O–H groups in total. The zero-order valence-electron chi connectivity index (χ0n) is 7.29. The molecular weight excluding hydrogens is 154 g/mol. The van der Waals surface area contributed by atoms with Crippen LogP contribution < -0.4 is 5.73 Å². The van der Waals surface area contributed by atoms with Crippen LogP contribution in [0.3, 0.4) is 0 Å². The third kappa shape index (κ3) is 1.04. The van der Waals surface area contributed by atoms with Crippen LogP contribution in [0.15, 0.2) is 0 Å². The van der Waals surface area contributed by atoms with Crippen LogP contribution in [-0.2, 0) is 4.79 Å². The molecule has 68 valence electrons.